The summed E-state index contributed by atoms with van der Waals surface area (Å²) in [6.07, 6.45) is 3.55. The third-order valence-corrected chi connectivity index (χ3v) is 5.34. The Hall–Kier alpha value is -1.06. The summed E-state index contributed by atoms with van der Waals surface area (Å²) in [5.41, 5.74) is 1.23. The van der Waals surface area contributed by atoms with E-state index in [1.165, 1.54) is 24.8 Å². The third kappa shape index (κ3) is 7.75. The SMILES string of the molecule is CN=C(NCC(c1cccc(OC)c1)N(C)C)N(C)CCC1CCOCC1.I. The largest absolute Gasteiger partial charge is 0.497 e. The first-order valence-corrected chi connectivity index (χ1v) is 9.85. The van der Waals surface area contributed by atoms with Crippen LogP contribution in [0.4, 0.5) is 0 Å². The summed E-state index contributed by atoms with van der Waals surface area (Å²) in [6.45, 7) is 3.61. The average molecular weight is 504 g/mol. The highest BCUT2D eigenvalue weighted by atomic mass is 127. The first kappa shape index (κ1) is 25.0. The van der Waals surface area contributed by atoms with Gasteiger partial charge in [-0.3, -0.25) is 4.99 Å². The molecule has 2 rings (SSSR count). The van der Waals surface area contributed by atoms with Gasteiger partial charge in [0.1, 0.15) is 5.75 Å². The van der Waals surface area contributed by atoms with Gasteiger partial charge in [-0.25, -0.2) is 0 Å². The van der Waals surface area contributed by atoms with Gasteiger partial charge in [0.2, 0.25) is 0 Å². The molecule has 1 aliphatic rings. The summed E-state index contributed by atoms with van der Waals surface area (Å²) < 4.78 is 10.8. The molecule has 0 radical (unpaired) electrons. The molecule has 0 amide bonds. The molecule has 0 spiro atoms. The number of benzene rings is 1. The Labute approximate surface area is 187 Å². The lowest BCUT2D eigenvalue weighted by Gasteiger charge is -2.30. The van der Waals surface area contributed by atoms with Crippen LogP contribution in [0, 0.1) is 5.92 Å². The number of nitrogens with one attached hydrogen (secondary N) is 1. The number of halogens is 1. The summed E-state index contributed by atoms with van der Waals surface area (Å²) in [5.74, 6) is 2.60. The molecule has 6 nitrogen and oxygen atoms in total. The van der Waals surface area contributed by atoms with E-state index in [0.717, 1.165) is 43.9 Å². The second kappa shape index (κ2) is 13.2. The van der Waals surface area contributed by atoms with Crippen molar-refractivity contribution >= 4 is 29.9 Å². The normalized spacial score (nSPS) is 16.4. The number of likely N-dealkylation sites (N-methyl/N-ethyl adjacent to an activating group) is 1. The van der Waals surface area contributed by atoms with Crippen molar-refractivity contribution in [3.8, 4) is 5.75 Å². The molecule has 1 aromatic carbocycles. The van der Waals surface area contributed by atoms with Crippen LogP contribution in [0.15, 0.2) is 29.3 Å². The molecule has 0 bridgehead atoms. The predicted molar refractivity (Wildman–Crippen MR) is 127 cm³/mol. The van der Waals surface area contributed by atoms with Crippen molar-refractivity contribution in [1.29, 1.82) is 0 Å². The van der Waals surface area contributed by atoms with E-state index in [0.29, 0.717) is 0 Å². The van der Waals surface area contributed by atoms with Gasteiger partial charge in [-0.1, -0.05) is 12.1 Å². The van der Waals surface area contributed by atoms with Crippen LogP contribution in [-0.2, 0) is 4.74 Å². The smallest absolute Gasteiger partial charge is 0.193 e. The minimum atomic E-state index is 0. The number of hydrogen-bond acceptors (Lipinski definition) is 4. The lowest BCUT2D eigenvalue weighted by atomic mass is 9.96. The molecule has 0 aromatic heterocycles. The highest BCUT2D eigenvalue weighted by Gasteiger charge is 2.18. The molecule has 1 heterocycles. The van der Waals surface area contributed by atoms with E-state index in [4.69, 9.17) is 9.47 Å². The van der Waals surface area contributed by atoms with Crippen LogP contribution in [0.3, 0.4) is 0 Å². The number of rotatable bonds is 8. The summed E-state index contributed by atoms with van der Waals surface area (Å²) in [7, 11) is 9.87. The van der Waals surface area contributed by atoms with Crippen LogP contribution in [-0.4, -0.2) is 77.4 Å². The van der Waals surface area contributed by atoms with E-state index in [2.05, 4.69) is 53.4 Å². The molecule has 1 saturated heterocycles. The molecule has 28 heavy (non-hydrogen) atoms. The fourth-order valence-electron chi connectivity index (χ4n) is 3.54. The molecule has 1 aliphatic heterocycles. The Morgan fingerprint density at radius 1 is 1.29 bits per heavy atom. The standard InChI is InChI=1S/C21H36N4O2.HI/c1-22-21(25(4)12-9-17-10-13-27-14-11-17)23-16-20(24(2)3)18-7-6-8-19(15-18)26-5;/h6-8,15,17,20H,9-14,16H2,1-5H3,(H,22,23);1H. The number of methoxy groups -OCH3 is 1. The molecular weight excluding hydrogens is 467 g/mol. The van der Waals surface area contributed by atoms with E-state index in [1.54, 1.807) is 7.11 Å². The topological polar surface area (TPSA) is 49.3 Å². The van der Waals surface area contributed by atoms with Gasteiger partial charge in [0.25, 0.3) is 0 Å². The maximum atomic E-state index is 5.46. The fourth-order valence-corrected chi connectivity index (χ4v) is 3.54. The molecule has 1 N–H and O–H groups in total. The zero-order valence-electron chi connectivity index (χ0n) is 18.0. The van der Waals surface area contributed by atoms with E-state index >= 15 is 0 Å². The fraction of sp³-hybridized carbons (Fsp3) is 0.667. The van der Waals surface area contributed by atoms with Crippen LogP contribution < -0.4 is 10.1 Å². The molecule has 0 aliphatic carbocycles. The molecule has 0 saturated carbocycles. The zero-order valence-corrected chi connectivity index (χ0v) is 20.3. The molecule has 1 aromatic rings. The predicted octanol–water partition coefficient (Wildman–Crippen LogP) is 3.24. The summed E-state index contributed by atoms with van der Waals surface area (Å²) in [6, 6.07) is 8.50. The maximum Gasteiger partial charge on any atom is 0.193 e. The van der Waals surface area contributed by atoms with Crippen molar-refractivity contribution in [1.82, 2.24) is 15.1 Å². The maximum absolute atomic E-state index is 5.46. The minimum absolute atomic E-state index is 0. The number of guanidine groups is 1. The summed E-state index contributed by atoms with van der Waals surface area (Å²) in [5, 5.41) is 3.54. The Bertz CT molecular complexity index is 592. The van der Waals surface area contributed by atoms with Crippen molar-refractivity contribution in [3.63, 3.8) is 0 Å². The van der Waals surface area contributed by atoms with Crippen LogP contribution >= 0.6 is 24.0 Å². The molecule has 160 valence electrons. The quantitative estimate of drug-likeness (QED) is 0.335. The van der Waals surface area contributed by atoms with Gasteiger partial charge in [-0.2, -0.15) is 0 Å². The monoisotopic (exact) mass is 504 g/mol. The summed E-state index contributed by atoms with van der Waals surface area (Å²) in [4.78, 5) is 8.92. The molecule has 7 heteroatoms. The molecule has 1 atom stereocenters. The van der Waals surface area contributed by atoms with Crippen LogP contribution in [0.25, 0.3) is 0 Å². The van der Waals surface area contributed by atoms with Gasteiger partial charge in [0, 0.05) is 40.4 Å². The average Bonchev–Trinajstić information content (AvgIpc) is 2.70. The Kier molecular flexibility index (Phi) is 11.8. The van der Waals surface area contributed by atoms with Gasteiger partial charge < -0.3 is 24.6 Å². The Balaban J connectivity index is 0.00000392. The first-order chi connectivity index (χ1) is 13.0. The van der Waals surface area contributed by atoms with Crippen molar-refractivity contribution in [2.45, 2.75) is 25.3 Å². The summed E-state index contributed by atoms with van der Waals surface area (Å²) >= 11 is 0. The molecular formula is C21H37IN4O2. The van der Waals surface area contributed by atoms with Crippen LogP contribution in [0.1, 0.15) is 30.9 Å². The number of nitrogens with zero attached hydrogens (tertiary/aromatic N) is 3. The Morgan fingerprint density at radius 2 is 2.00 bits per heavy atom. The number of ether oxygens (including phenoxy) is 2. The van der Waals surface area contributed by atoms with Crippen molar-refractivity contribution in [2.24, 2.45) is 10.9 Å². The second-order valence-electron chi connectivity index (χ2n) is 7.45. The molecule has 1 unspecified atom stereocenters. The number of hydrogen-bond donors (Lipinski definition) is 1. The van der Waals surface area contributed by atoms with E-state index in [-0.39, 0.29) is 30.0 Å². The van der Waals surface area contributed by atoms with Crippen LogP contribution in [0.2, 0.25) is 0 Å². The first-order valence-electron chi connectivity index (χ1n) is 9.85. The van der Waals surface area contributed by atoms with Gasteiger partial charge >= 0.3 is 0 Å². The van der Waals surface area contributed by atoms with E-state index in [1.807, 2.05) is 19.2 Å². The highest BCUT2D eigenvalue weighted by molar-refractivity contribution is 14.0. The lowest BCUT2D eigenvalue weighted by Crippen LogP contribution is -2.43. The molecule has 1 fully saturated rings. The van der Waals surface area contributed by atoms with E-state index < -0.39 is 0 Å². The van der Waals surface area contributed by atoms with Gasteiger partial charge in [0.15, 0.2) is 5.96 Å². The van der Waals surface area contributed by atoms with Crippen molar-refractivity contribution in [2.75, 3.05) is 61.6 Å². The van der Waals surface area contributed by atoms with Gasteiger partial charge in [0.05, 0.1) is 13.2 Å². The Morgan fingerprint density at radius 3 is 2.61 bits per heavy atom. The lowest BCUT2D eigenvalue weighted by molar-refractivity contribution is 0.0625. The highest BCUT2D eigenvalue weighted by Crippen LogP contribution is 2.22. The van der Waals surface area contributed by atoms with Crippen LogP contribution in [0.5, 0.6) is 5.75 Å². The second-order valence-corrected chi connectivity index (χ2v) is 7.45. The van der Waals surface area contributed by atoms with Crippen molar-refractivity contribution in [3.05, 3.63) is 29.8 Å². The van der Waals surface area contributed by atoms with Gasteiger partial charge in [-0.05, 0) is 57.0 Å². The third-order valence-electron chi connectivity index (χ3n) is 5.34. The van der Waals surface area contributed by atoms with Crippen molar-refractivity contribution < 1.29 is 9.47 Å². The van der Waals surface area contributed by atoms with E-state index in [9.17, 15) is 0 Å². The zero-order chi connectivity index (χ0) is 19.6. The number of aliphatic imine (C=N–C) groups is 1. The minimum Gasteiger partial charge on any atom is -0.497 e. The van der Waals surface area contributed by atoms with Gasteiger partial charge in [-0.15, -0.1) is 24.0 Å².